The molecular formula is C29H36ClNO9. The fourth-order valence-electron chi connectivity index (χ4n) is 4.52. The van der Waals surface area contributed by atoms with Crippen molar-refractivity contribution in [3.8, 4) is 11.5 Å². The molecular weight excluding hydrogens is 542 g/mol. The minimum Gasteiger partial charge on any atom is -0.491 e. The second-order valence-corrected chi connectivity index (χ2v) is 9.98. The van der Waals surface area contributed by atoms with Gasteiger partial charge in [0.05, 0.1) is 17.6 Å². The number of benzene rings is 2. The number of carbonyl (C=O) groups excluding carboxylic acids is 1. The van der Waals surface area contributed by atoms with Gasteiger partial charge in [0, 0.05) is 29.3 Å². The van der Waals surface area contributed by atoms with Gasteiger partial charge in [0.15, 0.2) is 0 Å². The molecule has 1 aliphatic carbocycles. The third kappa shape index (κ3) is 10.6. The van der Waals surface area contributed by atoms with Crippen LogP contribution in [0.5, 0.6) is 11.5 Å². The molecule has 5 N–H and O–H groups in total. The number of aliphatic hydroxyl groups excluding tert-OH is 3. The largest absolute Gasteiger partial charge is 0.491 e. The van der Waals surface area contributed by atoms with E-state index in [2.05, 4.69) is 4.84 Å². The summed E-state index contributed by atoms with van der Waals surface area (Å²) in [5.74, 6) is -0.129. The molecule has 3 rings (SSSR count). The fraction of sp³-hybridized carbons (Fsp3) is 0.414. The monoisotopic (exact) mass is 577 g/mol. The number of rotatable bonds is 15. The molecule has 2 aromatic carbocycles. The van der Waals surface area contributed by atoms with Crippen LogP contribution in [0.1, 0.15) is 37.7 Å². The van der Waals surface area contributed by atoms with Crippen LogP contribution < -0.4 is 9.47 Å². The van der Waals surface area contributed by atoms with Gasteiger partial charge in [-0.2, -0.15) is 0 Å². The molecule has 1 aliphatic rings. The lowest BCUT2D eigenvalue weighted by Gasteiger charge is -2.19. The summed E-state index contributed by atoms with van der Waals surface area (Å²) in [5, 5.41) is 48.7. The third-order valence-corrected chi connectivity index (χ3v) is 6.78. The van der Waals surface area contributed by atoms with Crippen molar-refractivity contribution in [2.75, 3.05) is 6.61 Å². The summed E-state index contributed by atoms with van der Waals surface area (Å²) in [5.41, 5.74) is 0.478. The molecule has 218 valence electrons. The molecule has 0 radical (unpaired) electrons. The minimum atomic E-state index is -0.890. The zero-order chi connectivity index (χ0) is 28.9. The van der Waals surface area contributed by atoms with E-state index in [-0.39, 0.29) is 43.6 Å². The van der Waals surface area contributed by atoms with Crippen molar-refractivity contribution >= 4 is 17.6 Å². The second-order valence-electron chi connectivity index (χ2n) is 9.54. The highest BCUT2D eigenvalue weighted by molar-refractivity contribution is 6.30. The quantitative estimate of drug-likeness (QED) is 0.0684. The maximum atomic E-state index is 12.2. The second kappa shape index (κ2) is 16.5. The highest BCUT2D eigenvalue weighted by Crippen LogP contribution is 2.36. The van der Waals surface area contributed by atoms with E-state index in [1.54, 1.807) is 60.7 Å². The van der Waals surface area contributed by atoms with E-state index >= 15 is 0 Å². The molecule has 0 spiro atoms. The van der Waals surface area contributed by atoms with Crippen LogP contribution in [-0.4, -0.2) is 62.0 Å². The van der Waals surface area contributed by atoms with E-state index in [1.165, 1.54) is 0 Å². The summed E-state index contributed by atoms with van der Waals surface area (Å²) in [6.45, 7) is -0.161. The first-order chi connectivity index (χ1) is 19.2. The average Bonchev–Trinajstić information content (AvgIpc) is 3.19. The van der Waals surface area contributed by atoms with Crippen LogP contribution in [0, 0.1) is 11.8 Å². The zero-order valence-electron chi connectivity index (χ0n) is 22.0. The van der Waals surface area contributed by atoms with Crippen molar-refractivity contribution in [1.82, 2.24) is 5.39 Å². The van der Waals surface area contributed by atoms with Crippen LogP contribution in [0.2, 0.25) is 5.02 Å². The normalized spacial score (nSPS) is 21.9. The number of esters is 1. The summed E-state index contributed by atoms with van der Waals surface area (Å²) >= 11 is 5.94. The van der Waals surface area contributed by atoms with Crippen LogP contribution >= 0.6 is 11.6 Å². The first kappa shape index (κ1) is 31.7. The van der Waals surface area contributed by atoms with E-state index in [0.29, 0.717) is 35.6 Å². The Labute approximate surface area is 238 Å². The highest BCUT2D eigenvalue weighted by Gasteiger charge is 2.39. The number of hydrogen-bond acceptors (Lipinski definition) is 10. The minimum absolute atomic E-state index is 0.0263. The molecule has 10 nitrogen and oxygen atoms in total. The number of halogens is 1. The maximum absolute atomic E-state index is 12.2. The molecule has 0 heterocycles. The molecule has 0 bridgehead atoms. The van der Waals surface area contributed by atoms with Gasteiger partial charge < -0.3 is 24.8 Å². The lowest BCUT2D eigenvalue weighted by atomic mass is 9.89. The molecule has 0 aromatic heterocycles. The first-order valence-electron chi connectivity index (χ1n) is 13.1. The lowest BCUT2D eigenvalue weighted by molar-refractivity contribution is -0.497. The zero-order valence-corrected chi connectivity index (χ0v) is 22.7. The summed E-state index contributed by atoms with van der Waals surface area (Å²) in [4.78, 5) is 16.8. The third-order valence-electron chi connectivity index (χ3n) is 6.55. The first-order valence-corrected chi connectivity index (χ1v) is 13.5. The molecule has 0 unspecified atom stereocenters. The Balaban J connectivity index is 1.40. The Kier molecular flexibility index (Phi) is 13.1. The summed E-state index contributed by atoms with van der Waals surface area (Å²) in [6.07, 6.45) is 7.04. The summed E-state index contributed by atoms with van der Waals surface area (Å²) in [7, 11) is 0. The van der Waals surface area contributed by atoms with Gasteiger partial charge in [-0.05, 0) is 49.4 Å². The number of ether oxygens (including phenoxy) is 2. The Hall–Kier alpha value is -2.80. The standard InChI is InChI=1S/C29H36ClNO9/c30-21-9-7-10-23(16-21)38-19-22(32)14-15-25-24(26(33)17-27(25)34)11-3-1-2-4-13-29(35)40-28-12-6-5-8-20(28)18-39-31(36)37/h1,3,5-10,12,14-16,22,24-27,32-34,36-37H,2,4,11,13,17-19H2/b3-1-,15-14+/t22-,24-,25-,26+,27-/m1/s1. The fourth-order valence-corrected chi connectivity index (χ4v) is 4.70. The van der Waals surface area contributed by atoms with E-state index in [9.17, 15) is 20.1 Å². The number of allylic oxidation sites excluding steroid dienone is 2. The van der Waals surface area contributed by atoms with Crippen molar-refractivity contribution in [2.45, 2.75) is 57.0 Å². The van der Waals surface area contributed by atoms with Gasteiger partial charge in [-0.25, -0.2) is 4.84 Å². The predicted molar refractivity (Wildman–Crippen MR) is 146 cm³/mol. The van der Waals surface area contributed by atoms with Gasteiger partial charge in [-0.1, -0.05) is 60.2 Å². The number of nitrogens with zero attached hydrogens (tertiary/aromatic N) is 1. The molecule has 11 heteroatoms. The van der Waals surface area contributed by atoms with Crippen molar-refractivity contribution in [3.05, 3.63) is 83.4 Å². The molecule has 5 atom stereocenters. The molecule has 1 saturated carbocycles. The SMILES string of the molecule is O=C(CCC/C=C\C[C@@H]1[C@@H](/C=C/[C@@H](O)COc2cccc(Cl)c2)[C@H](O)C[C@@H]1O)Oc1ccccc1CON(O)O. The van der Waals surface area contributed by atoms with Gasteiger partial charge in [0.1, 0.15) is 30.8 Å². The molecule has 2 aromatic rings. The smallest absolute Gasteiger partial charge is 0.311 e. The van der Waals surface area contributed by atoms with Gasteiger partial charge in [0.25, 0.3) is 0 Å². The Morgan fingerprint density at radius 1 is 1.10 bits per heavy atom. The van der Waals surface area contributed by atoms with E-state index < -0.39 is 29.7 Å². The number of unbranched alkanes of at least 4 members (excludes halogenated alkanes) is 1. The average molecular weight is 578 g/mol. The molecule has 0 aliphatic heterocycles. The van der Waals surface area contributed by atoms with Crippen LogP contribution in [0.25, 0.3) is 0 Å². The van der Waals surface area contributed by atoms with Crippen LogP contribution in [0.3, 0.4) is 0 Å². The maximum Gasteiger partial charge on any atom is 0.311 e. The summed E-state index contributed by atoms with van der Waals surface area (Å²) in [6, 6.07) is 13.5. The van der Waals surface area contributed by atoms with Crippen molar-refractivity contribution < 1.29 is 44.8 Å². The van der Waals surface area contributed by atoms with Crippen LogP contribution in [-0.2, 0) is 16.2 Å². The summed E-state index contributed by atoms with van der Waals surface area (Å²) < 4.78 is 10.9. The van der Waals surface area contributed by atoms with Gasteiger partial charge >= 0.3 is 5.97 Å². The number of para-hydroxylation sites is 1. The molecule has 0 saturated heterocycles. The van der Waals surface area contributed by atoms with Gasteiger partial charge in [-0.3, -0.25) is 15.2 Å². The van der Waals surface area contributed by atoms with Crippen LogP contribution in [0.15, 0.2) is 72.8 Å². The van der Waals surface area contributed by atoms with E-state index in [1.807, 2.05) is 12.2 Å². The number of carbonyl (C=O) groups is 1. The van der Waals surface area contributed by atoms with Crippen molar-refractivity contribution in [1.29, 1.82) is 0 Å². The highest BCUT2D eigenvalue weighted by atomic mass is 35.5. The van der Waals surface area contributed by atoms with Crippen molar-refractivity contribution in [3.63, 3.8) is 0 Å². The van der Waals surface area contributed by atoms with Crippen molar-refractivity contribution in [2.24, 2.45) is 11.8 Å². The Morgan fingerprint density at radius 3 is 2.67 bits per heavy atom. The van der Waals surface area contributed by atoms with E-state index in [0.717, 1.165) is 0 Å². The number of hydrogen-bond donors (Lipinski definition) is 5. The molecule has 0 amide bonds. The van der Waals surface area contributed by atoms with E-state index in [4.69, 9.17) is 31.5 Å². The lowest BCUT2D eigenvalue weighted by Crippen LogP contribution is -2.21. The topological polar surface area (TPSA) is 149 Å². The van der Waals surface area contributed by atoms with Gasteiger partial charge in [0.2, 0.25) is 0 Å². The Bertz CT molecular complexity index is 1130. The van der Waals surface area contributed by atoms with Crippen LogP contribution in [0.4, 0.5) is 0 Å². The molecule has 40 heavy (non-hydrogen) atoms. The van der Waals surface area contributed by atoms with Gasteiger partial charge in [-0.15, -0.1) is 0 Å². The molecule has 1 fully saturated rings. The predicted octanol–water partition coefficient (Wildman–Crippen LogP) is 4.23. The number of aliphatic hydroxyl groups is 3. The Morgan fingerprint density at radius 2 is 1.90 bits per heavy atom.